The van der Waals surface area contributed by atoms with E-state index in [1.807, 2.05) is 12.1 Å². The average Bonchev–Trinajstić information content (AvgIpc) is 2.89. The van der Waals surface area contributed by atoms with Crippen molar-refractivity contribution in [2.45, 2.75) is 26.5 Å². The molecular formula is C15H19NOS. The second-order valence-corrected chi connectivity index (χ2v) is 5.39. The molecule has 1 heterocycles. The molecule has 1 N–H and O–H groups in total. The molecular weight excluding hydrogens is 242 g/mol. The molecule has 0 saturated heterocycles. The van der Waals surface area contributed by atoms with Gasteiger partial charge in [-0.15, -0.1) is 11.3 Å². The fraction of sp³-hybridized carbons (Fsp3) is 0.333. The summed E-state index contributed by atoms with van der Waals surface area (Å²) in [6, 6.07) is 12.4. The quantitative estimate of drug-likeness (QED) is 0.884. The van der Waals surface area contributed by atoms with E-state index in [0.717, 1.165) is 18.7 Å². The molecule has 0 amide bonds. The number of nitrogens with zero attached hydrogens (tertiary/aromatic N) is 1. The fourth-order valence-corrected chi connectivity index (χ4v) is 2.66. The van der Waals surface area contributed by atoms with Crippen molar-refractivity contribution in [3.8, 4) is 0 Å². The van der Waals surface area contributed by atoms with Gasteiger partial charge in [0.15, 0.2) is 0 Å². The monoisotopic (exact) mass is 261 g/mol. The van der Waals surface area contributed by atoms with Gasteiger partial charge < -0.3 is 10.0 Å². The van der Waals surface area contributed by atoms with Crippen LogP contribution in [0.4, 0.5) is 5.69 Å². The van der Waals surface area contributed by atoms with Crippen molar-refractivity contribution in [3.05, 3.63) is 52.2 Å². The minimum atomic E-state index is -0.397. The summed E-state index contributed by atoms with van der Waals surface area (Å²) in [6.45, 7) is 5.88. The van der Waals surface area contributed by atoms with E-state index < -0.39 is 6.10 Å². The summed E-state index contributed by atoms with van der Waals surface area (Å²) in [6.07, 6.45) is -0.397. The molecule has 0 aliphatic carbocycles. The normalized spacial score (nSPS) is 12.4. The number of thiophene rings is 1. The predicted octanol–water partition coefficient (Wildman–Crippen LogP) is 3.83. The van der Waals surface area contributed by atoms with E-state index in [1.165, 1.54) is 10.6 Å². The van der Waals surface area contributed by atoms with Crippen LogP contribution in [0.3, 0.4) is 0 Å². The first-order valence-corrected chi connectivity index (χ1v) is 7.14. The van der Waals surface area contributed by atoms with Crippen LogP contribution in [0.15, 0.2) is 41.8 Å². The highest BCUT2D eigenvalue weighted by molar-refractivity contribution is 7.09. The van der Waals surface area contributed by atoms with Crippen LogP contribution in [0, 0.1) is 0 Å². The zero-order valence-corrected chi connectivity index (χ0v) is 11.7. The number of aliphatic hydroxyl groups is 1. The van der Waals surface area contributed by atoms with E-state index in [0.29, 0.717) is 0 Å². The number of rotatable bonds is 5. The van der Waals surface area contributed by atoms with Crippen molar-refractivity contribution in [2.75, 3.05) is 11.4 Å². The van der Waals surface area contributed by atoms with Gasteiger partial charge in [-0.05, 0) is 43.0 Å². The van der Waals surface area contributed by atoms with E-state index in [4.69, 9.17) is 0 Å². The van der Waals surface area contributed by atoms with Crippen LogP contribution in [-0.2, 0) is 6.54 Å². The summed E-state index contributed by atoms with van der Waals surface area (Å²) in [4.78, 5) is 3.70. The Morgan fingerprint density at radius 3 is 2.44 bits per heavy atom. The molecule has 0 radical (unpaired) electrons. The van der Waals surface area contributed by atoms with Gasteiger partial charge in [0.2, 0.25) is 0 Å². The van der Waals surface area contributed by atoms with Gasteiger partial charge in [-0.1, -0.05) is 18.2 Å². The highest BCUT2D eigenvalue weighted by Gasteiger charge is 2.07. The van der Waals surface area contributed by atoms with Gasteiger partial charge in [0.05, 0.1) is 12.6 Å². The van der Waals surface area contributed by atoms with Crippen molar-refractivity contribution < 1.29 is 5.11 Å². The number of aliphatic hydroxyl groups excluding tert-OH is 1. The van der Waals surface area contributed by atoms with Crippen LogP contribution in [-0.4, -0.2) is 11.7 Å². The summed E-state index contributed by atoms with van der Waals surface area (Å²) < 4.78 is 0. The Morgan fingerprint density at radius 2 is 1.94 bits per heavy atom. The third kappa shape index (κ3) is 3.12. The molecule has 0 fully saturated rings. The van der Waals surface area contributed by atoms with Crippen LogP contribution in [0.25, 0.3) is 0 Å². The van der Waals surface area contributed by atoms with Gasteiger partial charge in [0.1, 0.15) is 0 Å². The Labute approximate surface area is 113 Å². The van der Waals surface area contributed by atoms with Gasteiger partial charge in [-0.2, -0.15) is 0 Å². The zero-order chi connectivity index (χ0) is 13.0. The summed E-state index contributed by atoms with van der Waals surface area (Å²) >= 11 is 1.79. The minimum absolute atomic E-state index is 0.397. The molecule has 1 aromatic heterocycles. The first-order valence-electron chi connectivity index (χ1n) is 6.26. The highest BCUT2D eigenvalue weighted by Crippen LogP contribution is 2.22. The lowest BCUT2D eigenvalue weighted by molar-refractivity contribution is 0.199. The zero-order valence-electron chi connectivity index (χ0n) is 10.8. The molecule has 96 valence electrons. The van der Waals surface area contributed by atoms with Crippen LogP contribution in [0.1, 0.15) is 30.4 Å². The molecule has 2 aromatic rings. The average molecular weight is 261 g/mol. The molecule has 0 aliphatic rings. The molecule has 2 rings (SSSR count). The third-order valence-corrected chi connectivity index (χ3v) is 3.91. The lowest BCUT2D eigenvalue weighted by Crippen LogP contribution is -2.21. The molecule has 1 aromatic carbocycles. The Kier molecular flexibility index (Phi) is 4.39. The molecule has 0 saturated carbocycles. The molecule has 0 aliphatic heterocycles. The number of hydrogen-bond acceptors (Lipinski definition) is 3. The lowest BCUT2D eigenvalue weighted by Gasteiger charge is -2.23. The van der Waals surface area contributed by atoms with E-state index >= 15 is 0 Å². The Hall–Kier alpha value is -1.32. The van der Waals surface area contributed by atoms with Gasteiger partial charge in [-0.3, -0.25) is 0 Å². The Bertz CT molecular complexity index is 462. The standard InChI is InChI=1S/C15H19NOS/c1-3-16(11-15-5-4-10-18-15)14-8-6-13(7-9-14)12(2)17/h4-10,12,17H,3,11H2,1-2H3/t12-/m1/s1. The van der Waals surface area contributed by atoms with Crippen molar-refractivity contribution in [1.29, 1.82) is 0 Å². The van der Waals surface area contributed by atoms with Gasteiger partial charge in [-0.25, -0.2) is 0 Å². The van der Waals surface area contributed by atoms with Crippen molar-refractivity contribution in [3.63, 3.8) is 0 Å². The molecule has 0 bridgehead atoms. The second kappa shape index (κ2) is 6.03. The van der Waals surface area contributed by atoms with Gasteiger partial charge in [0, 0.05) is 17.1 Å². The number of anilines is 1. The lowest BCUT2D eigenvalue weighted by atomic mass is 10.1. The van der Waals surface area contributed by atoms with Crippen molar-refractivity contribution >= 4 is 17.0 Å². The SMILES string of the molecule is CCN(Cc1cccs1)c1ccc([C@@H](C)O)cc1. The van der Waals surface area contributed by atoms with E-state index in [-0.39, 0.29) is 0 Å². The first kappa shape index (κ1) is 13.1. The summed E-state index contributed by atoms with van der Waals surface area (Å²) in [5, 5.41) is 11.6. The highest BCUT2D eigenvalue weighted by atomic mass is 32.1. The Balaban J connectivity index is 2.12. The summed E-state index contributed by atoms with van der Waals surface area (Å²) in [5.74, 6) is 0. The minimum Gasteiger partial charge on any atom is -0.389 e. The van der Waals surface area contributed by atoms with E-state index in [9.17, 15) is 5.11 Å². The van der Waals surface area contributed by atoms with E-state index in [1.54, 1.807) is 18.3 Å². The van der Waals surface area contributed by atoms with Crippen LogP contribution in [0.5, 0.6) is 0 Å². The maximum Gasteiger partial charge on any atom is 0.0761 e. The number of benzene rings is 1. The molecule has 18 heavy (non-hydrogen) atoms. The summed E-state index contributed by atoms with van der Waals surface area (Å²) in [7, 11) is 0. The van der Waals surface area contributed by atoms with Crippen LogP contribution in [0.2, 0.25) is 0 Å². The second-order valence-electron chi connectivity index (χ2n) is 4.36. The summed E-state index contributed by atoms with van der Waals surface area (Å²) in [5.41, 5.74) is 2.17. The third-order valence-electron chi connectivity index (χ3n) is 3.05. The molecule has 3 heteroatoms. The van der Waals surface area contributed by atoms with Crippen molar-refractivity contribution in [1.82, 2.24) is 0 Å². The van der Waals surface area contributed by atoms with Gasteiger partial charge in [0.25, 0.3) is 0 Å². The van der Waals surface area contributed by atoms with Crippen LogP contribution >= 0.6 is 11.3 Å². The number of hydrogen-bond donors (Lipinski definition) is 1. The molecule has 1 atom stereocenters. The largest absolute Gasteiger partial charge is 0.389 e. The Morgan fingerprint density at radius 1 is 1.22 bits per heavy atom. The predicted molar refractivity (Wildman–Crippen MR) is 78.1 cm³/mol. The fourth-order valence-electron chi connectivity index (χ4n) is 1.94. The van der Waals surface area contributed by atoms with Gasteiger partial charge >= 0.3 is 0 Å². The maximum absolute atomic E-state index is 9.51. The van der Waals surface area contributed by atoms with Crippen LogP contribution < -0.4 is 4.90 Å². The molecule has 0 spiro atoms. The van der Waals surface area contributed by atoms with E-state index in [2.05, 4.69) is 41.5 Å². The smallest absolute Gasteiger partial charge is 0.0761 e. The maximum atomic E-state index is 9.51. The molecule has 0 unspecified atom stereocenters. The van der Waals surface area contributed by atoms with Crippen molar-refractivity contribution in [2.24, 2.45) is 0 Å². The molecule has 2 nitrogen and oxygen atoms in total. The topological polar surface area (TPSA) is 23.5 Å². The first-order chi connectivity index (χ1) is 8.70.